The quantitative estimate of drug-likeness (QED) is 0.611. The van der Waals surface area contributed by atoms with Crippen LogP contribution in [0.5, 0.6) is 0 Å². The Morgan fingerprint density at radius 2 is 2.22 bits per heavy atom. The van der Waals surface area contributed by atoms with Crippen LogP contribution >= 0.6 is 11.3 Å². The summed E-state index contributed by atoms with van der Waals surface area (Å²) in [6, 6.07) is 2.86. The van der Waals surface area contributed by atoms with E-state index in [-0.39, 0.29) is 23.8 Å². The summed E-state index contributed by atoms with van der Waals surface area (Å²) in [7, 11) is 0. The van der Waals surface area contributed by atoms with Crippen LogP contribution in [0.3, 0.4) is 0 Å². The van der Waals surface area contributed by atoms with Crippen molar-refractivity contribution in [3.63, 3.8) is 0 Å². The lowest BCUT2D eigenvalue weighted by atomic mass is 10.1. The largest absolute Gasteiger partial charge is 0.389 e. The van der Waals surface area contributed by atoms with Gasteiger partial charge in [-0.1, -0.05) is 13.8 Å². The Labute approximate surface area is 135 Å². The molecule has 0 radical (unpaired) electrons. The fraction of sp³-hybridized carbons (Fsp3) is 0.308. The lowest BCUT2D eigenvalue weighted by molar-refractivity contribution is -0.389. The number of nitrogens with two attached hydrogens (primary N) is 1. The van der Waals surface area contributed by atoms with Gasteiger partial charge in [0.1, 0.15) is 11.5 Å². The third-order valence-corrected chi connectivity index (χ3v) is 4.31. The third-order valence-electron chi connectivity index (χ3n) is 2.96. The molecule has 0 saturated heterocycles. The lowest BCUT2D eigenvalue weighted by Gasteiger charge is -2.03. The number of hydrogen-bond acceptors (Lipinski definition) is 6. The number of thiophene rings is 1. The molecule has 3 N–H and O–H groups in total. The number of rotatable bonds is 6. The molecule has 2 aromatic heterocycles. The van der Waals surface area contributed by atoms with Gasteiger partial charge in [0.05, 0.1) is 22.9 Å². The monoisotopic (exact) mass is 337 g/mol. The number of anilines is 1. The molecule has 0 aliphatic heterocycles. The summed E-state index contributed by atoms with van der Waals surface area (Å²) in [5.41, 5.74) is 5.57. The van der Waals surface area contributed by atoms with Gasteiger partial charge in [0.15, 0.2) is 0 Å². The number of nitrogens with one attached hydrogen (secondary N) is 1. The van der Waals surface area contributed by atoms with Crippen molar-refractivity contribution in [3.05, 3.63) is 38.9 Å². The van der Waals surface area contributed by atoms with Crippen LogP contribution in [0.15, 0.2) is 18.3 Å². The molecule has 0 aliphatic rings. The molecular formula is C13H15N5O4S. The highest BCUT2D eigenvalue weighted by molar-refractivity contribution is 7.16. The standard InChI is InChI=1S/C13H15N5O4S/c1-7(2)9-5-8(12(14)20)13(23-9)15-11(19)6-17-4-3-10(16-17)18(21)22/h3-5,7H,6H2,1-2H3,(H2,14,20)(H,15,19). The molecule has 0 fully saturated rings. The zero-order valence-electron chi connectivity index (χ0n) is 12.5. The Morgan fingerprint density at radius 3 is 2.74 bits per heavy atom. The first-order valence-corrected chi connectivity index (χ1v) is 7.50. The second-order valence-corrected chi connectivity index (χ2v) is 6.17. The van der Waals surface area contributed by atoms with Gasteiger partial charge < -0.3 is 21.2 Å². The van der Waals surface area contributed by atoms with Crippen molar-refractivity contribution in [2.24, 2.45) is 5.73 Å². The third kappa shape index (κ3) is 3.92. The number of hydrogen-bond donors (Lipinski definition) is 2. The van der Waals surface area contributed by atoms with E-state index in [1.54, 1.807) is 6.07 Å². The van der Waals surface area contributed by atoms with Gasteiger partial charge in [-0.25, -0.2) is 0 Å². The van der Waals surface area contributed by atoms with Gasteiger partial charge in [-0.2, -0.15) is 4.68 Å². The number of carbonyl (C=O) groups is 2. The van der Waals surface area contributed by atoms with Crippen molar-refractivity contribution in [1.29, 1.82) is 0 Å². The van der Waals surface area contributed by atoms with Crippen molar-refractivity contribution in [3.8, 4) is 0 Å². The highest BCUT2D eigenvalue weighted by Gasteiger charge is 2.19. The second-order valence-electron chi connectivity index (χ2n) is 5.09. The molecule has 0 spiro atoms. The molecule has 0 unspecified atom stereocenters. The SMILES string of the molecule is CC(C)c1cc(C(N)=O)c(NC(=O)Cn2ccc([N+](=O)[O-])n2)s1. The predicted molar refractivity (Wildman–Crippen MR) is 84.4 cm³/mol. The maximum absolute atomic E-state index is 12.0. The Kier molecular flexibility index (Phi) is 4.74. The van der Waals surface area contributed by atoms with E-state index in [0.717, 1.165) is 9.56 Å². The van der Waals surface area contributed by atoms with E-state index >= 15 is 0 Å². The first-order chi connectivity index (χ1) is 10.8. The van der Waals surface area contributed by atoms with Crippen LogP contribution in [0, 0.1) is 10.1 Å². The van der Waals surface area contributed by atoms with E-state index in [1.807, 2.05) is 13.8 Å². The number of primary amides is 1. The average Bonchev–Trinajstić information content (AvgIpc) is 3.05. The van der Waals surface area contributed by atoms with Crippen molar-refractivity contribution < 1.29 is 14.5 Å². The van der Waals surface area contributed by atoms with E-state index in [0.29, 0.717) is 5.00 Å². The number of aromatic nitrogens is 2. The lowest BCUT2D eigenvalue weighted by Crippen LogP contribution is -2.21. The van der Waals surface area contributed by atoms with E-state index in [1.165, 1.54) is 23.6 Å². The molecule has 0 aromatic carbocycles. The first kappa shape index (κ1) is 16.6. The second kappa shape index (κ2) is 6.57. The van der Waals surface area contributed by atoms with Crippen LogP contribution in [0.25, 0.3) is 0 Å². The van der Waals surface area contributed by atoms with Gasteiger partial charge >= 0.3 is 5.82 Å². The summed E-state index contributed by atoms with van der Waals surface area (Å²) in [6.45, 7) is 3.72. The highest BCUT2D eigenvalue weighted by atomic mass is 32.1. The van der Waals surface area contributed by atoms with Crippen molar-refractivity contribution in [1.82, 2.24) is 9.78 Å². The zero-order valence-corrected chi connectivity index (χ0v) is 13.3. The first-order valence-electron chi connectivity index (χ1n) is 6.69. The van der Waals surface area contributed by atoms with E-state index in [9.17, 15) is 19.7 Å². The summed E-state index contributed by atoms with van der Waals surface area (Å²) < 4.78 is 1.15. The highest BCUT2D eigenvalue weighted by Crippen LogP contribution is 2.32. The molecule has 0 atom stereocenters. The topological polar surface area (TPSA) is 133 Å². The summed E-state index contributed by atoms with van der Waals surface area (Å²) >= 11 is 1.27. The van der Waals surface area contributed by atoms with Crippen LogP contribution in [0.1, 0.15) is 35.0 Å². The molecule has 9 nitrogen and oxygen atoms in total. The normalized spacial score (nSPS) is 10.7. The van der Waals surface area contributed by atoms with Gasteiger partial charge in [0, 0.05) is 4.88 Å². The molecule has 122 valence electrons. The molecule has 2 rings (SSSR count). The van der Waals surface area contributed by atoms with Crippen LogP contribution < -0.4 is 11.1 Å². The fourth-order valence-electron chi connectivity index (χ4n) is 1.82. The molecule has 2 amide bonds. The van der Waals surface area contributed by atoms with Crippen molar-refractivity contribution in [2.75, 3.05) is 5.32 Å². The molecule has 2 heterocycles. The predicted octanol–water partition coefficient (Wildman–Crippen LogP) is 1.71. The molecular weight excluding hydrogens is 322 g/mol. The Bertz CT molecular complexity index is 764. The molecule has 0 aliphatic carbocycles. The zero-order chi connectivity index (χ0) is 17.1. The van der Waals surface area contributed by atoms with Crippen LogP contribution in [-0.4, -0.2) is 26.5 Å². The molecule has 0 saturated carbocycles. The van der Waals surface area contributed by atoms with Crippen LogP contribution in [-0.2, 0) is 11.3 Å². The van der Waals surface area contributed by atoms with E-state index in [2.05, 4.69) is 10.4 Å². The van der Waals surface area contributed by atoms with Crippen molar-refractivity contribution in [2.45, 2.75) is 26.3 Å². The summed E-state index contributed by atoms with van der Waals surface area (Å²) in [5.74, 6) is -1.23. The summed E-state index contributed by atoms with van der Waals surface area (Å²) in [5, 5.41) is 17.2. The van der Waals surface area contributed by atoms with Gasteiger partial charge in [-0.05, 0) is 16.9 Å². The minimum atomic E-state index is -0.645. The van der Waals surface area contributed by atoms with Crippen molar-refractivity contribution >= 4 is 34.0 Å². The van der Waals surface area contributed by atoms with E-state index < -0.39 is 16.7 Å². The average molecular weight is 337 g/mol. The maximum atomic E-state index is 12.0. The summed E-state index contributed by atoms with van der Waals surface area (Å²) in [6.07, 6.45) is 1.33. The maximum Gasteiger partial charge on any atom is 0.389 e. The van der Waals surface area contributed by atoms with Gasteiger partial charge in [0.2, 0.25) is 5.91 Å². The van der Waals surface area contributed by atoms with Crippen LogP contribution in [0.2, 0.25) is 0 Å². The number of carbonyl (C=O) groups excluding carboxylic acids is 2. The molecule has 10 heteroatoms. The van der Waals surface area contributed by atoms with Gasteiger partial charge in [-0.3, -0.25) is 9.59 Å². The summed E-state index contributed by atoms with van der Waals surface area (Å²) in [4.78, 5) is 34.3. The number of nitrogens with zero attached hydrogens (tertiary/aromatic N) is 3. The minimum absolute atomic E-state index is 0.192. The fourth-order valence-corrected chi connectivity index (χ4v) is 2.90. The van der Waals surface area contributed by atoms with Gasteiger partial charge in [-0.15, -0.1) is 11.3 Å². The van der Waals surface area contributed by atoms with E-state index in [4.69, 9.17) is 5.73 Å². The minimum Gasteiger partial charge on any atom is -0.366 e. The molecule has 23 heavy (non-hydrogen) atoms. The number of nitro groups is 1. The smallest absolute Gasteiger partial charge is 0.366 e. The Balaban J connectivity index is 2.13. The van der Waals surface area contributed by atoms with Gasteiger partial charge in [0.25, 0.3) is 5.91 Å². The Hall–Kier alpha value is -2.75. The Morgan fingerprint density at radius 1 is 1.52 bits per heavy atom. The number of amides is 2. The molecule has 2 aromatic rings. The van der Waals surface area contributed by atoms with Crippen LogP contribution in [0.4, 0.5) is 10.8 Å². The molecule has 0 bridgehead atoms.